The van der Waals surface area contributed by atoms with E-state index in [0.717, 1.165) is 35.6 Å². The van der Waals surface area contributed by atoms with E-state index in [2.05, 4.69) is 12.3 Å². The second-order valence-electron chi connectivity index (χ2n) is 9.59. The normalized spacial score (nSPS) is 15.1. The molecule has 3 aromatic heterocycles. The predicted octanol–water partition coefficient (Wildman–Crippen LogP) is 4.85. The fourth-order valence-electron chi connectivity index (χ4n) is 5.03. The number of fused-ring (bicyclic) bond motifs is 1. The lowest BCUT2D eigenvalue weighted by Crippen LogP contribution is -2.37. The average Bonchev–Trinajstić information content (AvgIpc) is 3.54. The first kappa shape index (κ1) is 27.2. The molecule has 4 heterocycles. The molecule has 0 radical (unpaired) electrons. The van der Waals surface area contributed by atoms with Crippen molar-refractivity contribution < 1.29 is 22.3 Å². The number of nitrogens with zero attached hydrogens (tertiary/aromatic N) is 5. The van der Waals surface area contributed by atoms with Gasteiger partial charge in [-0.25, -0.2) is 31.9 Å². The van der Waals surface area contributed by atoms with E-state index < -0.39 is 16.0 Å². The van der Waals surface area contributed by atoms with Crippen LogP contribution in [0.3, 0.4) is 0 Å². The van der Waals surface area contributed by atoms with Crippen molar-refractivity contribution in [1.29, 1.82) is 0 Å². The molecule has 0 unspecified atom stereocenters. The van der Waals surface area contributed by atoms with Crippen molar-refractivity contribution in [2.75, 3.05) is 38.4 Å². The Bertz CT molecular complexity index is 1620. The predicted molar refractivity (Wildman–Crippen MR) is 150 cm³/mol. The van der Waals surface area contributed by atoms with Gasteiger partial charge >= 0.3 is 5.97 Å². The number of imidazole rings is 1. The topological polar surface area (TPSA) is 97.1 Å². The van der Waals surface area contributed by atoms with E-state index in [0.29, 0.717) is 40.8 Å². The van der Waals surface area contributed by atoms with Gasteiger partial charge in [0, 0.05) is 31.9 Å². The van der Waals surface area contributed by atoms with Gasteiger partial charge in [-0.15, -0.1) is 0 Å². The lowest BCUT2D eigenvalue weighted by molar-refractivity contribution is 0.0607. The van der Waals surface area contributed by atoms with Crippen LogP contribution in [0.1, 0.15) is 46.6 Å². The summed E-state index contributed by atoms with van der Waals surface area (Å²) in [6.45, 7) is 3.03. The standard InChI is InChI=1S/C27H30FN5O4S2/c1-5-21-25(31(2)27-30-23(24(38-27)26(34)37-3)18-6-9-20(28)10-7-18)33-16-19(8-11-22(33)29-21)17-12-14-32(15-13-17)39(4,35)36/h6-11,16-17H,5,12-15H2,1-4H3. The molecule has 1 saturated heterocycles. The van der Waals surface area contributed by atoms with E-state index in [1.165, 1.54) is 41.1 Å². The van der Waals surface area contributed by atoms with Crippen molar-refractivity contribution in [3.63, 3.8) is 0 Å². The number of thiazole rings is 1. The minimum atomic E-state index is -3.19. The van der Waals surface area contributed by atoms with Crippen molar-refractivity contribution in [1.82, 2.24) is 18.7 Å². The number of benzene rings is 1. The van der Waals surface area contributed by atoms with Gasteiger partial charge in [-0.1, -0.05) is 24.3 Å². The summed E-state index contributed by atoms with van der Waals surface area (Å²) < 4.78 is 46.0. The Hall–Kier alpha value is -3.35. The smallest absolute Gasteiger partial charge is 0.350 e. The van der Waals surface area contributed by atoms with Crippen LogP contribution in [-0.2, 0) is 21.2 Å². The summed E-state index contributed by atoms with van der Waals surface area (Å²) in [6.07, 6.45) is 5.50. The summed E-state index contributed by atoms with van der Waals surface area (Å²) >= 11 is 1.20. The maximum Gasteiger partial charge on any atom is 0.350 e. The minimum Gasteiger partial charge on any atom is -0.465 e. The van der Waals surface area contributed by atoms with Gasteiger partial charge in [0.25, 0.3) is 0 Å². The molecule has 0 bridgehead atoms. The molecule has 206 valence electrons. The molecule has 0 atom stereocenters. The van der Waals surface area contributed by atoms with E-state index in [1.807, 2.05) is 29.3 Å². The Morgan fingerprint density at radius 2 is 1.85 bits per heavy atom. The molecule has 12 heteroatoms. The van der Waals surface area contributed by atoms with Gasteiger partial charge in [-0.2, -0.15) is 0 Å². The number of methoxy groups -OCH3 is 1. The molecule has 0 amide bonds. The number of esters is 1. The van der Waals surface area contributed by atoms with Gasteiger partial charge in [0.2, 0.25) is 10.0 Å². The van der Waals surface area contributed by atoms with E-state index in [9.17, 15) is 17.6 Å². The maximum atomic E-state index is 13.6. The quantitative estimate of drug-likeness (QED) is 0.293. The van der Waals surface area contributed by atoms with Crippen LogP contribution in [0, 0.1) is 5.82 Å². The summed E-state index contributed by atoms with van der Waals surface area (Å²) in [5.41, 5.74) is 3.82. The van der Waals surface area contributed by atoms with Crippen LogP contribution in [0.15, 0.2) is 42.6 Å². The fraction of sp³-hybridized carbons (Fsp3) is 0.370. The molecule has 39 heavy (non-hydrogen) atoms. The van der Waals surface area contributed by atoms with Gasteiger partial charge < -0.3 is 9.64 Å². The highest BCUT2D eigenvalue weighted by molar-refractivity contribution is 7.88. The van der Waals surface area contributed by atoms with Crippen LogP contribution in [0.5, 0.6) is 0 Å². The van der Waals surface area contributed by atoms with Gasteiger partial charge in [-0.3, -0.25) is 4.40 Å². The monoisotopic (exact) mass is 571 g/mol. The van der Waals surface area contributed by atoms with Gasteiger partial charge in [-0.05, 0) is 61.1 Å². The molecule has 0 spiro atoms. The molecular formula is C27H30FN5O4S2. The molecule has 5 rings (SSSR count). The van der Waals surface area contributed by atoms with Gasteiger partial charge in [0.1, 0.15) is 22.2 Å². The van der Waals surface area contributed by atoms with E-state index in [1.54, 1.807) is 12.1 Å². The highest BCUT2D eigenvalue weighted by atomic mass is 32.2. The minimum absolute atomic E-state index is 0.230. The van der Waals surface area contributed by atoms with Crippen LogP contribution in [0.25, 0.3) is 16.9 Å². The lowest BCUT2D eigenvalue weighted by atomic mass is 9.91. The summed E-state index contributed by atoms with van der Waals surface area (Å²) in [5.74, 6) is 0.178. The third-order valence-corrected chi connectivity index (χ3v) is 9.54. The van der Waals surface area contributed by atoms with Crippen LogP contribution < -0.4 is 4.90 Å². The first-order valence-corrected chi connectivity index (χ1v) is 15.3. The number of carbonyl (C=O) groups is 1. The first-order valence-electron chi connectivity index (χ1n) is 12.7. The van der Waals surface area contributed by atoms with Gasteiger partial charge in [0.15, 0.2) is 5.13 Å². The highest BCUT2D eigenvalue weighted by Gasteiger charge is 2.28. The van der Waals surface area contributed by atoms with Crippen molar-refractivity contribution >= 4 is 43.9 Å². The second kappa shape index (κ2) is 10.7. The summed E-state index contributed by atoms with van der Waals surface area (Å²) in [7, 11) is 0.0114. The number of sulfonamides is 1. The van der Waals surface area contributed by atoms with E-state index >= 15 is 0 Å². The van der Waals surface area contributed by atoms with Crippen LogP contribution in [0.4, 0.5) is 15.3 Å². The molecular weight excluding hydrogens is 541 g/mol. The number of ether oxygens (including phenoxy) is 1. The van der Waals surface area contributed by atoms with Crippen molar-refractivity contribution in [3.8, 4) is 11.3 Å². The fourth-order valence-corrected chi connectivity index (χ4v) is 6.87. The SMILES string of the molecule is CCc1nc2ccc(C3CCN(S(C)(=O)=O)CC3)cn2c1N(C)c1nc(-c2ccc(F)cc2)c(C(=O)OC)s1. The van der Waals surface area contributed by atoms with Crippen molar-refractivity contribution in [3.05, 3.63) is 64.5 Å². The largest absolute Gasteiger partial charge is 0.465 e. The zero-order valence-corrected chi connectivity index (χ0v) is 23.9. The number of carbonyl (C=O) groups excluding carboxylic acids is 1. The molecule has 1 aliphatic rings. The molecule has 1 aliphatic heterocycles. The Morgan fingerprint density at radius 3 is 2.46 bits per heavy atom. The van der Waals surface area contributed by atoms with Gasteiger partial charge in [0.05, 0.1) is 24.8 Å². The number of hydrogen-bond donors (Lipinski definition) is 0. The van der Waals surface area contributed by atoms with Crippen LogP contribution >= 0.6 is 11.3 Å². The number of halogens is 1. The summed E-state index contributed by atoms with van der Waals surface area (Å²) in [5, 5.41) is 0.568. The molecule has 1 fully saturated rings. The molecule has 0 aliphatic carbocycles. The number of anilines is 2. The average molecular weight is 572 g/mol. The summed E-state index contributed by atoms with van der Waals surface area (Å²) in [6, 6.07) is 9.90. The van der Waals surface area contributed by atoms with E-state index in [4.69, 9.17) is 14.7 Å². The zero-order valence-electron chi connectivity index (χ0n) is 22.2. The molecule has 1 aromatic carbocycles. The van der Waals surface area contributed by atoms with Crippen LogP contribution in [-0.4, -0.2) is 66.6 Å². The Morgan fingerprint density at radius 1 is 1.15 bits per heavy atom. The Labute approximate surface area is 230 Å². The lowest BCUT2D eigenvalue weighted by Gasteiger charge is -2.30. The van der Waals surface area contributed by atoms with E-state index in [-0.39, 0.29) is 11.7 Å². The number of pyridine rings is 1. The van der Waals surface area contributed by atoms with Crippen LogP contribution in [0.2, 0.25) is 0 Å². The Kier molecular flexibility index (Phi) is 7.45. The van der Waals surface area contributed by atoms with Crippen molar-refractivity contribution in [2.24, 2.45) is 0 Å². The number of piperidine rings is 1. The number of hydrogen-bond acceptors (Lipinski definition) is 8. The zero-order chi connectivity index (χ0) is 27.9. The third-order valence-electron chi connectivity index (χ3n) is 7.12. The second-order valence-corrected chi connectivity index (χ2v) is 12.6. The molecule has 0 saturated carbocycles. The number of aromatic nitrogens is 3. The maximum absolute atomic E-state index is 13.6. The molecule has 4 aromatic rings. The highest BCUT2D eigenvalue weighted by Crippen LogP contribution is 2.38. The molecule has 0 N–H and O–H groups in total. The molecule has 9 nitrogen and oxygen atoms in total. The first-order chi connectivity index (χ1) is 18.6. The third kappa shape index (κ3) is 5.28. The summed E-state index contributed by atoms with van der Waals surface area (Å²) in [4.78, 5) is 24.5. The van der Waals surface area contributed by atoms with Crippen molar-refractivity contribution in [2.45, 2.75) is 32.1 Å². The number of rotatable bonds is 7. The Balaban J connectivity index is 1.54. The number of aryl methyl sites for hydroxylation is 1.